The van der Waals surface area contributed by atoms with Gasteiger partial charge in [0.25, 0.3) is 0 Å². The SMILES string of the molecule is COC(=O)c1ccc(NC(=O)N2CCCC(c3nc(C)no3)C2)c(N(C)C)c1. The van der Waals surface area contributed by atoms with E-state index in [1.807, 2.05) is 19.0 Å². The zero-order valence-corrected chi connectivity index (χ0v) is 16.6. The van der Waals surface area contributed by atoms with Crippen molar-refractivity contribution in [3.05, 3.63) is 35.5 Å². The highest BCUT2D eigenvalue weighted by Gasteiger charge is 2.28. The third kappa shape index (κ3) is 4.24. The molecular weight excluding hydrogens is 362 g/mol. The van der Waals surface area contributed by atoms with Gasteiger partial charge in [0.15, 0.2) is 5.82 Å². The fourth-order valence-corrected chi connectivity index (χ4v) is 3.29. The number of carbonyl (C=O) groups is 2. The van der Waals surface area contributed by atoms with Crippen LogP contribution in [0.25, 0.3) is 0 Å². The Morgan fingerprint density at radius 3 is 2.79 bits per heavy atom. The summed E-state index contributed by atoms with van der Waals surface area (Å²) < 4.78 is 10.0. The monoisotopic (exact) mass is 387 g/mol. The fraction of sp³-hybridized carbons (Fsp3) is 0.474. The number of piperidine rings is 1. The summed E-state index contributed by atoms with van der Waals surface area (Å²) in [6, 6.07) is 4.84. The average Bonchev–Trinajstić information content (AvgIpc) is 3.14. The summed E-state index contributed by atoms with van der Waals surface area (Å²) in [7, 11) is 5.03. The van der Waals surface area contributed by atoms with Crippen LogP contribution in [-0.2, 0) is 4.74 Å². The van der Waals surface area contributed by atoms with Crippen LogP contribution in [0.4, 0.5) is 16.2 Å². The lowest BCUT2D eigenvalue weighted by atomic mass is 9.98. The molecule has 2 heterocycles. The van der Waals surface area contributed by atoms with E-state index < -0.39 is 5.97 Å². The normalized spacial score (nSPS) is 16.6. The lowest BCUT2D eigenvalue weighted by Gasteiger charge is -2.31. The maximum absolute atomic E-state index is 12.8. The molecule has 1 fully saturated rings. The summed E-state index contributed by atoms with van der Waals surface area (Å²) in [6.07, 6.45) is 1.77. The topological polar surface area (TPSA) is 101 Å². The Bertz CT molecular complexity index is 864. The fourth-order valence-electron chi connectivity index (χ4n) is 3.29. The molecule has 1 aliphatic heterocycles. The van der Waals surface area contributed by atoms with E-state index in [0.717, 1.165) is 18.5 Å². The molecule has 1 aromatic carbocycles. The van der Waals surface area contributed by atoms with Crippen molar-refractivity contribution in [2.75, 3.05) is 44.5 Å². The Labute approximate surface area is 163 Å². The van der Waals surface area contributed by atoms with Crippen LogP contribution in [0.5, 0.6) is 0 Å². The number of esters is 1. The summed E-state index contributed by atoms with van der Waals surface area (Å²) in [5.41, 5.74) is 1.77. The van der Waals surface area contributed by atoms with Gasteiger partial charge in [0.2, 0.25) is 5.89 Å². The van der Waals surface area contributed by atoms with Crippen LogP contribution < -0.4 is 10.2 Å². The van der Waals surface area contributed by atoms with Gasteiger partial charge in [0, 0.05) is 27.2 Å². The van der Waals surface area contributed by atoms with E-state index in [0.29, 0.717) is 36.1 Å². The molecule has 0 saturated carbocycles. The number of urea groups is 1. The molecular formula is C19H25N5O4. The Morgan fingerprint density at radius 1 is 1.36 bits per heavy atom. The number of likely N-dealkylation sites (tertiary alicyclic amines) is 1. The molecule has 1 unspecified atom stereocenters. The van der Waals surface area contributed by atoms with E-state index in [1.165, 1.54) is 7.11 Å². The third-order valence-electron chi connectivity index (χ3n) is 4.74. The van der Waals surface area contributed by atoms with Crippen molar-refractivity contribution in [3.63, 3.8) is 0 Å². The number of hydrogen-bond donors (Lipinski definition) is 1. The molecule has 9 heteroatoms. The number of nitrogens with one attached hydrogen (secondary N) is 1. The molecule has 3 rings (SSSR count). The van der Waals surface area contributed by atoms with Gasteiger partial charge in [-0.15, -0.1) is 0 Å². The zero-order chi connectivity index (χ0) is 20.3. The van der Waals surface area contributed by atoms with E-state index in [1.54, 1.807) is 30.0 Å². The van der Waals surface area contributed by atoms with Crippen molar-refractivity contribution in [2.24, 2.45) is 0 Å². The maximum Gasteiger partial charge on any atom is 0.337 e. The Morgan fingerprint density at radius 2 is 2.14 bits per heavy atom. The summed E-state index contributed by atoms with van der Waals surface area (Å²) in [4.78, 5) is 32.5. The van der Waals surface area contributed by atoms with Gasteiger partial charge < -0.3 is 24.4 Å². The molecule has 1 aliphatic rings. The second kappa shape index (κ2) is 8.28. The summed E-state index contributed by atoms with van der Waals surface area (Å²) >= 11 is 0. The summed E-state index contributed by atoms with van der Waals surface area (Å²) in [5, 5.41) is 6.79. The molecule has 0 bridgehead atoms. The Kier molecular flexibility index (Phi) is 5.81. The first-order valence-electron chi connectivity index (χ1n) is 9.15. The molecule has 2 amide bonds. The van der Waals surface area contributed by atoms with Crippen molar-refractivity contribution < 1.29 is 18.8 Å². The molecule has 0 radical (unpaired) electrons. The van der Waals surface area contributed by atoms with Crippen LogP contribution in [-0.4, -0.2) is 61.3 Å². The first kappa shape index (κ1) is 19.7. The Hall–Kier alpha value is -3.10. The number of nitrogens with zero attached hydrogens (tertiary/aromatic N) is 4. The summed E-state index contributed by atoms with van der Waals surface area (Å²) in [6.45, 7) is 2.96. The van der Waals surface area contributed by atoms with Gasteiger partial charge in [-0.25, -0.2) is 9.59 Å². The van der Waals surface area contributed by atoms with Crippen LogP contribution in [0.1, 0.15) is 40.8 Å². The van der Waals surface area contributed by atoms with Crippen LogP contribution in [0.15, 0.2) is 22.7 Å². The highest BCUT2D eigenvalue weighted by atomic mass is 16.5. The van der Waals surface area contributed by atoms with Crippen LogP contribution >= 0.6 is 0 Å². The third-order valence-corrected chi connectivity index (χ3v) is 4.74. The smallest absolute Gasteiger partial charge is 0.337 e. The number of hydrogen-bond acceptors (Lipinski definition) is 7. The number of aryl methyl sites for hydroxylation is 1. The molecule has 28 heavy (non-hydrogen) atoms. The number of carbonyl (C=O) groups excluding carboxylic acids is 2. The minimum Gasteiger partial charge on any atom is -0.465 e. The quantitative estimate of drug-likeness (QED) is 0.805. The number of benzene rings is 1. The molecule has 1 atom stereocenters. The highest BCUT2D eigenvalue weighted by Crippen LogP contribution is 2.29. The first-order valence-corrected chi connectivity index (χ1v) is 9.15. The second-order valence-electron chi connectivity index (χ2n) is 7.01. The van der Waals surface area contributed by atoms with Crippen molar-refractivity contribution in [1.82, 2.24) is 15.0 Å². The van der Waals surface area contributed by atoms with Crippen molar-refractivity contribution in [1.29, 1.82) is 0 Å². The largest absolute Gasteiger partial charge is 0.465 e. The predicted molar refractivity (Wildman–Crippen MR) is 104 cm³/mol. The number of ether oxygens (including phenoxy) is 1. The van der Waals surface area contributed by atoms with Gasteiger partial charge >= 0.3 is 12.0 Å². The first-order chi connectivity index (χ1) is 13.4. The van der Waals surface area contributed by atoms with Crippen LogP contribution in [0.2, 0.25) is 0 Å². The van der Waals surface area contributed by atoms with Crippen LogP contribution in [0, 0.1) is 6.92 Å². The zero-order valence-electron chi connectivity index (χ0n) is 16.6. The predicted octanol–water partition coefficient (Wildman–Crippen LogP) is 2.64. The lowest BCUT2D eigenvalue weighted by molar-refractivity contribution is 0.0601. The number of amides is 2. The second-order valence-corrected chi connectivity index (χ2v) is 7.01. The number of rotatable bonds is 4. The minimum atomic E-state index is -0.422. The average molecular weight is 387 g/mol. The van der Waals surface area contributed by atoms with E-state index in [2.05, 4.69) is 15.5 Å². The molecule has 1 N–H and O–H groups in total. The molecule has 1 saturated heterocycles. The minimum absolute atomic E-state index is 0.0377. The van der Waals surface area contributed by atoms with Gasteiger partial charge in [0.1, 0.15) is 0 Å². The van der Waals surface area contributed by atoms with Gasteiger partial charge in [-0.1, -0.05) is 5.16 Å². The van der Waals surface area contributed by atoms with E-state index in [-0.39, 0.29) is 11.9 Å². The van der Waals surface area contributed by atoms with Crippen LogP contribution in [0.3, 0.4) is 0 Å². The van der Waals surface area contributed by atoms with E-state index >= 15 is 0 Å². The number of aromatic nitrogens is 2. The van der Waals surface area contributed by atoms with Gasteiger partial charge in [-0.05, 0) is 38.0 Å². The molecule has 0 spiro atoms. The molecule has 9 nitrogen and oxygen atoms in total. The molecule has 150 valence electrons. The lowest BCUT2D eigenvalue weighted by Crippen LogP contribution is -2.41. The molecule has 2 aromatic rings. The van der Waals surface area contributed by atoms with Crippen molar-refractivity contribution in [3.8, 4) is 0 Å². The van der Waals surface area contributed by atoms with Crippen molar-refractivity contribution >= 4 is 23.4 Å². The van der Waals surface area contributed by atoms with Gasteiger partial charge in [0.05, 0.1) is 30.0 Å². The number of anilines is 2. The van der Waals surface area contributed by atoms with E-state index in [9.17, 15) is 9.59 Å². The highest BCUT2D eigenvalue weighted by molar-refractivity contribution is 5.97. The van der Waals surface area contributed by atoms with E-state index in [4.69, 9.17) is 9.26 Å². The Balaban J connectivity index is 1.74. The molecule has 1 aromatic heterocycles. The molecule has 0 aliphatic carbocycles. The maximum atomic E-state index is 12.8. The standard InChI is InChI=1S/C19H25N5O4/c1-12-20-17(28-22-12)14-6-5-9-24(11-14)19(26)21-15-8-7-13(18(25)27-4)10-16(15)23(2)3/h7-8,10,14H,5-6,9,11H2,1-4H3,(H,21,26). The number of methoxy groups -OCH3 is 1. The summed E-state index contributed by atoms with van der Waals surface area (Å²) in [5.74, 6) is 0.787. The van der Waals surface area contributed by atoms with Gasteiger partial charge in [-0.2, -0.15) is 4.98 Å². The van der Waals surface area contributed by atoms with Gasteiger partial charge in [-0.3, -0.25) is 0 Å². The van der Waals surface area contributed by atoms with Crippen molar-refractivity contribution in [2.45, 2.75) is 25.7 Å².